The molecule has 0 saturated carbocycles. The fraction of sp³-hybridized carbons (Fsp3) is 0.143. The maximum atomic E-state index is 5.95. The van der Waals surface area contributed by atoms with Crippen LogP contribution in [0.1, 0.15) is 16.7 Å². The van der Waals surface area contributed by atoms with Crippen LogP contribution in [0.2, 0.25) is 10.0 Å². The van der Waals surface area contributed by atoms with Gasteiger partial charge in [-0.25, -0.2) is 0 Å². The average Bonchev–Trinajstić information content (AvgIpc) is 2.25. The topological polar surface area (TPSA) is 0 Å². The molecule has 0 radical (unpaired) electrons. The molecule has 2 aromatic carbocycles. The number of rotatable bonds is 2. The highest BCUT2D eigenvalue weighted by Crippen LogP contribution is 2.23. The van der Waals surface area contributed by atoms with Crippen LogP contribution in [0.15, 0.2) is 36.4 Å². The first-order chi connectivity index (χ1) is 8.06. The van der Waals surface area contributed by atoms with Crippen molar-refractivity contribution in [2.75, 3.05) is 0 Å². The molecule has 0 amide bonds. The van der Waals surface area contributed by atoms with Crippen molar-refractivity contribution in [2.45, 2.75) is 13.3 Å². The smallest absolute Gasteiger partial charge is 0.0416 e. The van der Waals surface area contributed by atoms with E-state index in [4.69, 9.17) is 23.2 Å². The van der Waals surface area contributed by atoms with Crippen LogP contribution in [0.5, 0.6) is 0 Å². The van der Waals surface area contributed by atoms with E-state index in [1.54, 1.807) is 0 Å². The van der Waals surface area contributed by atoms with Crippen molar-refractivity contribution < 1.29 is 0 Å². The van der Waals surface area contributed by atoms with Gasteiger partial charge in [0, 0.05) is 13.6 Å². The van der Waals surface area contributed by atoms with Gasteiger partial charge in [-0.3, -0.25) is 0 Å². The van der Waals surface area contributed by atoms with Crippen molar-refractivity contribution in [3.63, 3.8) is 0 Å². The van der Waals surface area contributed by atoms with E-state index in [-0.39, 0.29) is 0 Å². The number of aryl methyl sites for hydroxylation is 1. The Morgan fingerprint density at radius 3 is 2.12 bits per heavy atom. The Morgan fingerprint density at radius 2 is 1.53 bits per heavy atom. The van der Waals surface area contributed by atoms with E-state index in [1.165, 1.54) is 20.3 Å². The summed E-state index contributed by atoms with van der Waals surface area (Å²) in [7, 11) is 0. The summed E-state index contributed by atoms with van der Waals surface area (Å²) in [4.78, 5) is 0. The molecule has 0 spiro atoms. The minimum atomic E-state index is 0.783. The van der Waals surface area contributed by atoms with Crippen LogP contribution < -0.4 is 0 Å². The van der Waals surface area contributed by atoms with Gasteiger partial charge in [0.05, 0.1) is 0 Å². The van der Waals surface area contributed by atoms with Crippen LogP contribution in [0.3, 0.4) is 0 Å². The largest absolute Gasteiger partial charge is 0.0843 e. The second-order valence-electron chi connectivity index (χ2n) is 3.98. The third-order valence-corrected chi connectivity index (χ3v) is 4.18. The SMILES string of the molecule is Cc1cc(Cl)ccc1Cc1ccc(Cl)cc1I. The lowest BCUT2D eigenvalue weighted by molar-refractivity contribution is 1.14. The van der Waals surface area contributed by atoms with Crippen molar-refractivity contribution in [3.05, 3.63) is 66.7 Å². The van der Waals surface area contributed by atoms with Crippen LogP contribution in [-0.2, 0) is 6.42 Å². The third-order valence-electron chi connectivity index (χ3n) is 2.70. The Labute approximate surface area is 125 Å². The molecule has 0 bridgehead atoms. The first kappa shape index (κ1) is 13.2. The predicted molar refractivity (Wildman–Crippen MR) is 83.2 cm³/mol. The zero-order valence-electron chi connectivity index (χ0n) is 9.31. The Morgan fingerprint density at radius 1 is 0.941 bits per heavy atom. The minimum absolute atomic E-state index is 0.783. The first-order valence-corrected chi connectivity index (χ1v) is 7.08. The minimum Gasteiger partial charge on any atom is -0.0843 e. The molecule has 0 aromatic heterocycles. The van der Waals surface area contributed by atoms with E-state index in [2.05, 4.69) is 41.6 Å². The van der Waals surface area contributed by atoms with E-state index in [9.17, 15) is 0 Å². The summed E-state index contributed by atoms with van der Waals surface area (Å²) in [5.74, 6) is 0. The molecule has 0 aliphatic carbocycles. The molecule has 0 unspecified atom stereocenters. The summed E-state index contributed by atoms with van der Waals surface area (Å²) < 4.78 is 1.20. The molecule has 0 heterocycles. The van der Waals surface area contributed by atoms with Crippen molar-refractivity contribution >= 4 is 45.8 Å². The molecule has 2 rings (SSSR count). The molecule has 3 heteroatoms. The van der Waals surface area contributed by atoms with Crippen LogP contribution in [0.4, 0.5) is 0 Å². The zero-order valence-corrected chi connectivity index (χ0v) is 13.0. The summed E-state index contributed by atoms with van der Waals surface area (Å²) in [6.07, 6.45) is 0.915. The lowest BCUT2D eigenvalue weighted by Gasteiger charge is -2.08. The van der Waals surface area contributed by atoms with Crippen LogP contribution in [0, 0.1) is 10.5 Å². The molecule has 17 heavy (non-hydrogen) atoms. The van der Waals surface area contributed by atoms with E-state index >= 15 is 0 Å². The summed E-state index contributed by atoms with van der Waals surface area (Å²) in [6.45, 7) is 2.09. The van der Waals surface area contributed by atoms with Crippen molar-refractivity contribution in [1.29, 1.82) is 0 Å². The lowest BCUT2D eigenvalue weighted by Crippen LogP contribution is -1.94. The number of hydrogen-bond donors (Lipinski definition) is 0. The highest BCUT2D eigenvalue weighted by Gasteiger charge is 2.05. The van der Waals surface area contributed by atoms with Crippen molar-refractivity contribution in [1.82, 2.24) is 0 Å². The van der Waals surface area contributed by atoms with Crippen molar-refractivity contribution in [3.8, 4) is 0 Å². The summed E-state index contributed by atoms with van der Waals surface area (Å²) in [5.41, 5.74) is 3.82. The molecule has 2 aromatic rings. The third kappa shape index (κ3) is 3.36. The van der Waals surface area contributed by atoms with Crippen LogP contribution in [0.25, 0.3) is 0 Å². The fourth-order valence-corrected chi connectivity index (χ4v) is 3.02. The number of benzene rings is 2. The van der Waals surface area contributed by atoms with E-state index < -0.39 is 0 Å². The monoisotopic (exact) mass is 376 g/mol. The van der Waals surface area contributed by atoms with Gasteiger partial charge in [-0.15, -0.1) is 0 Å². The molecule has 88 valence electrons. The Balaban J connectivity index is 2.31. The van der Waals surface area contributed by atoms with E-state index in [1.807, 2.05) is 24.3 Å². The number of hydrogen-bond acceptors (Lipinski definition) is 0. The maximum Gasteiger partial charge on any atom is 0.0416 e. The molecular formula is C14H11Cl2I. The first-order valence-electron chi connectivity index (χ1n) is 5.25. The van der Waals surface area contributed by atoms with Gasteiger partial charge in [-0.2, -0.15) is 0 Å². The van der Waals surface area contributed by atoms with Crippen LogP contribution in [-0.4, -0.2) is 0 Å². The molecule has 0 aliphatic heterocycles. The van der Waals surface area contributed by atoms with Gasteiger partial charge in [-0.05, 0) is 76.9 Å². The molecule has 0 fully saturated rings. The molecule has 0 aliphatic rings. The van der Waals surface area contributed by atoms with Gasteiger partial charge in [0.1, 0.15) is 0 Å². The lowest BCUT2D eigenvalue weighted by atomic mass is 10.0. The zero-order chi connectivity index (χ0) is 12.4. The van der Waals surface area contributed by atoms with Gasteiger partial charge in [-0.1, -0.05) is 35.3 Å². The summed E-state index contributed by atoms with van der Waals surface area (Å²) in [5, 5.41) is 1.57. The standard InChI is InChI=1S/C14H11Cl2I/c1-9-6-12(15)4-2-10(9)7-11-3-5-13(16)8-14(11)17/h2-6,8H,7H2,1H3. The summed E-state index contributed by atoms with van der Waals surface area (Å²) >= 11 is 14.2. The van der Waals surface area contributed by atoms with Crippen molar-refractivity contribution in [2.24, 2.45) is 0 Å². The number of halogens is 3. The van der Waals surface area contributed by atoms with E-state index in [0.717, 1.165) is 16.5 Å². The Kier molecular flexibility index (Phi) is 4.34. The fourth-order valence-electron chi connectivity index (χ4n) is 1.73. The van der Waals surface area contributed by atoms with Gasteiger partial charge < -0.3 is 0 Å². The quantitative estimate of drug-likeness (QED) is 0.607. The predicted octanol–water partition coefficient (Wildman–Crippen LogP) is 5.50. The maximum absolute atomic E-state index is 5.95. The van der Waals surface area contributed by atoms with Gasteiger partial charge >= 0.3 is 0 Å². The molecule has 0 atom stereocenters. The van der Waals surface area contributed by atoms with E-state index in [0.29, 0.717) is 0 Å². The van der Waals surface area contributed by atoms with Crippen LogP contribution >= 0.6 is 45.8 Å². The van der Waals surface area contributed by atoms with Gasteiger partial charge in [0.25, 0.3) is 0 Å². The molecule has 0 saturated heterocycles. The Bertz CT molecular complexity index is 500. The molecular weight excluding hydrogens is 366 g/mol. The Hall–Kier alpha value is -0.250. The highest BCUT2D eigenvalue weighted by molar-refractivity contribution is 14.1. The highest BCUT2D eigenvalue weighted by atomic mass is 127. The summed E-state index contributed by atoms with van der Waals surface area (Å²) in [6, 6.07) is 12.0. The second kappa shape index (κ2) is 5.59. The average molecular weight is 377 g/mol. The normalized spacial score (nSPS) is 10.6. The molecule has 0 N–H and O–H groups in total. The second-order valence-corrected chi connectivity index (χ2v) is 6.02. The van der Waals surface area contributed by atoms with Gasteiger partial charge in [0.2, 0.25) is 0 Å². The molecule has 0 nitrogen and oxygen atoms in total. The van der Waals surface area contributed by atoms with Gasteiger partial charge in [0.15, 0.2) is 0 Å².